The Balaban J connectivity index is 3.30. The van der Waals surface area contributed by atoms with Crippen molar-refractivity contribution in [3.05, 3.63) is 22.3 Å². The van der Waals surface area contributed by atoms with Crippen LogP contribution in [0.1, 0.15) is 29.8 Å². The fourth-order valence-corrected chi connectivity index (χ4v) is 2.13. The highest BCUT2D eigenvalue weighted by Gasteiger charge is 2.26. The Morgan fingerprint density at radius 2 is 1.90 bits per heavy atom. The first-order chi connectivity index (χ1) is 9.99. The largest absolute Gasteiger partial charge is 0.481 e. The molecule has 0 aliphatic carbocycles. The molecule has 1 rings (SSSR count). The van der Waals surface area contributed by atoms with Gasteiger partial charge in [0.05, 0.1) is 19.3 Å². The number of Topliss-reactive ketones (excluding diaryl/α,β-unsaturated/α-hetero) is 1. The van der Waals surface area contributed by atoms with Crippen molar-refractivity contribution in [2.24, 2.45) is 0 Å². The third-order valence-corrected chi connectivity index (χ3v) is 3.22. The van der Waals surface area contributed by atoms with E-state index in [0.29, 0.717) is 18.7 Å². The minimum absolute atomic E-state index is 0.0856. The zero-order valence-corrected chi connectivity index (χ0v) is 13.4. The molecule has 0 aliphatic rings. The Morgan fingerprint density at radius 1 is 1.29 bits per heavy atom. The number of nitrogens with zero attached hydrogens (tertiary/aromatic N) is 2. The number of carbonyl (C=O) groups is 2. The van der Waals surface area contributed by atoms with E-state index in [0.717, 1.165) is 0 Å². The van der Waals surface area contributed by atoms with Crippen LogP contribution in [-0.4, -0.2) is 48.9 Å². The lowest BCUT2D eigenvalue weighted by atomic mass is 10.0. The number of hydrogen-bond acceptors (Lipinski definition) is 5. The molecule has 0 unspecified atom stereocenters. The zero-order valence-electron chi connectivity index (χ0n) is 12.6. The maximum atomic E-state index is 12.4. The molecule has 0 aliphatic heterocycles. The van der Waals surface area contributed by atoms with Gasteiger partial charge in [0.15, 0.2) is 0 Å². The summed E-state index contributed by atoms with van der Waals surface area (Å²) < 4.78 is 10.2. The van der Waals surface area contributed by atoms with Crippen LogP contribution < -0.4 is 4.74 Å². The summed E-state index contributed by atoms with van der Waals surface area (Å²) in [6.07, 6.45) is 0. The summed E-state index contributed by atoms with van der Waals surface area (Å²) in [4.78, 5) is 30.1. The van der Waals surface area contributed by atoms with Gasteiger partial charge in [-0.1, -0.05) is 11.6 Å². The van der Waals surface area contributed by atoms with Crippen molar-refractivity contribution in [2.45, 2.75) is 20.5 Å². The Kier molecular flexibility index (Phi) is 6.58. The van der Waals surface area contributed by atoms with Crippen molar-refractivity contribution in [1.29, 1.82) is 0 Å². The maximum Gasteiger partial charge on any atom is 0.294 e. The molecule has 116 valence electrons. The van der Waals surface area contributed by atoms with Gasteiger partial charge in [0.2, 0.25) is 5.88 Å². The van der Waals surface area contributed by atoms with Gasteiger partial charge in [0.1, 0.15) is 5.15 Å². The van der Waals surface area contributed by atoms with E-state index in [1.165, 1.54) is 25.2 Å². The number of pyridine rings is 1. The summed E-state index contributed by atoms with van der Waals surface area (Å²) in [6.45, 7) is 4.63. The molecular formula is C14H19ClN2O4. The van der Waals surface area contributed by atoms with Gasteiger partial charge in [-0.2, -0.15) is 0 Å². The minimum Gasteiger partial charge on any atom is -0.481 e. The Morgan fingerprint density at radius 3 is 2.38 bits per heavy atom. The van der Waals surface area contributed by atoms with Crippen LogP contribution in [0, 0.1) is 0 Å². The Hall–Kier alpha value is -1.66. The number of rotatable bonds is 7. The van der Waals surface area contributed by atoms with Crippen molar-refractivity contribution in [3.8, 4) is 5.88 Å². The molecule has 0 saturated carbocycles. The molecule has 1 amide bonds. The second-order valence-corrected chi connectivity index (χ2v) is 4.61. The molecule has 0 aromatic carbocycles. The number of aromatic nitrogens is 1. The molecule has 0 radical (unpaired) electrons. The van der Waals surface area contributed by atoms with Gasteiger partial charge in [0.25, 0.3) is 11.7 Å². The molecule has 0 bridgehead atoms. The number of amides is 1. The predicted molar refractivity (Wildman–Crippen MR) is 78.8 cm³/mol. The van der Waals surface area contributed by atoms with Crippen LogP contribution in [0.3, 0.4) is 0 Å². The van der Waals surface area contributed by atoms with Gasteiger partial charge in [-0.05, 0) is 19.9 Å². The zero-order chi connectivity index (χ0) is 16.0. The van der Waals surface area contributed by atoms with E-state index in [1.54, 1.807) is 0 Å². The molecule has 0 N–H and O–H groups in total. The van der Waals surface area contributed by atoms with Crippen LogP contribution in [0.15, 0.2) is 6.07 Å². The van der Waals surface area contributed by atoms with Crippen molar-refractivity contribution in [1.82, 2.24) is 9.88 Å². The van der Waals surface area contributed by atoms with Crippen LogP contribution >= 0.6 is 11.6 Å². The van der Waals surface area contributed by atoms with E-state index in [2.05, 4.69) is 4.98 Å². The minimum atomic E-state index is -0.645. The monoisotopic (exact) mass is 314 g/mol. The highest BCUT2D eigenvalue weighted by atomic mass is 35.5. The number of ketones is 1. The third-order valence-electron chi connectivity index (χ3n) is 3.03. The standard InChI is InChI=1S/C14H19ClN2O4/c1-5-17(6-2)14(19)12(18)9-7-11(15)16-13(21-4)10(9)8-20-3/h7H,5-6,8H2,1-4H3. The van der Waals surface area contributed by atoms with Crippen LogP contribution in [0.5, 0.6) is 5.88 Å². The van der Waals surface area contributed by atoms with E-state index >= 15 is 0 Å². The van der Waals surface area contributed by atoms with Gasteiger partial charge < -0.3 is 14.4 Å². The van der Waals surface area contributed by atoms with E-state index < -0.39 is 11.7 Å². The van der Waals surface area contributed by atoms with Crippen LogP contribution in [-0.2, 0) is 16.1 Å². The third kappa shape index (κ3) is 3.92. The van der Waals surface area contributed by atoms with Gasteiger partial charge in [-0.15, -0.1) is 0 Å². The molecule has 7 heteroatoms. The fourth-order valence-electron chi connectivity index (χ4n) is 1.94. The molecule has 1 aromatic heterocycles. The maximum absolute atomic E-state index is 12.4. The predicted octanol–water partition coefficient (Wildman–Crippen LogP) is 1.94. The van der Waals surface area contributed by atoms with E-state index in [4.69, 9.17) is 21.1 Å². The summed E-state index contributed by atoms with van der Waals surface area (Å²) in [5.74, 6) is -1.05. The second kappa shape index (κ2) is 7.95. The lowest BCUT2D eigenvalue weighted by Crippen LogP contribution is -2.36. The fraction of sp³-hybridized carbons (Fsp3) is 0.500. The number of ether oxygens (including phenoxy) is 2. The van der Waals surface area contributed by atoms with E-state index in [1.807, 2.05) is 13.8 Å². The molecule has 21 heavy (non-hydrogen) atoms. The number of halogens is 1. The smallest absolute Gasteiger partial charge is 0.294 e. The highest BCUT2D eigenvalue weighted by molar-refractivity contribution is 6.43. The van der Waals surface area contributed by atoms with Crippen molar-refractivity contribution >= 4 is 23.3 Å². The van der Waals surface area contributed by atoms with Crippen LogP contribution in [0.4, 0.5) is 0 Å². The van der Waals surface area contributed by atoms with Crippen molar-refractivity contribution < 1.29 is 19.1 Å². The lowest BCUT2D eigenvalue weighted by Gasteiger charge is -2.19. The second-order valence-electron chi connectivity index (χ2n) is 4.22. The van der Waals surface area contributed by atoms with Crippen LogP contribution in [0.2, 0.25) is 5.15 Å². The topological polar surface area (TPSA) is 68.7 Å². The molecule has 0 saturated heterocycles. The van der Waals surface area contributed by atoms with Gasteiger partial charge in [0, 0.05) is 25.8 Å². The average molecular weight is 315 g/mol. The van der Waals surface area contributed by atoms with Gasteiger partial charge in [-0.3, -0.25) is 9.59 Å². The summed E-state index contributed by atoms with van der Waals surface area (Å²) in [7, 11) is 2.90. The van der Waals surface area contributed by atoms with Crippen molar-refractivity contribution in [3.63, 3.8) is 0 Å². The van der Waals surface area contributed by atoms with Crippen LogP contribution in [0.25, 0.3) is 0 Å². The molecular weight excluding hydrogens is 296 g/mol. The summed E-state index contributed by atoms with van der Waals surface area (Å²) in [5.41, 5.74) is 0.570. The summed E-state index contributed by atoms with van der Waals surface area (Å²) in [6, 6.07) is 1.36. The number of methoxy groups -OCH3 is 2. The normalized spacial score (nSPS) is 10.3. The molecule has 1 aromatic rings. The lowest BCUT2D eigenvalue weighted by molar-refractivity contribution is -0.126. The quantitative estimate of drug-likeness (QED) is 0.437. The molecule has 0 atom stereocenters. The number of carbonyl (C=O) groups excluding carboxylic acids is 2. The molecule has 1 heterocycles. The van der Waals surface area contributed by atoms with Crippen molar-refractivity contribution in [2.75, 3.05) is 27.3 Å². The molecule has 0 fully saturated rings. The van der Waals surface area contributed by atoms with E-state index in [-0.39, 0.29) is 23.2 Å². The average Bonchev–Trinajstić information content (AvgIpc) is 2.49. The number of hydrogen-bond donors (Lipinski definition) is 0. The Labute approximate surface area is 129 Å². The first-order valence-corrected chi connectivity index (χ1v) is 6.93. The van der Waals surface area contributed by atoms with Gasteiger partial charge >= 0.3 is 0 Å². The Bertz CT molecular complexity index is 530. The summed E-state index contributed by atoms with van der Waals surface area (Å²) >= 11 is 5.89. The van der Waals surface area contributed by atoms with Gasteiger partial charge in [-0.25, -0.2) is 4.98 Å². The molecule has 6 nitrogen and oxygen atoms in total. The first-order valence-electron chi connectivity index (χ1n) is 6.55. The SMILES string of the molecule is CCN(CC)C(=O)C(=O)c1cc(Cl)nc(OC)c1COC. The molecule has 0 spiro atoms. The highest BCUT2D eigenvalue weighted by Crippen LogP contribution is 2.25. The first kappa shape index (κ1) is 17.4. The summed E-state index contributed by atoms with van der Waals surface area (Å²) in [5, 5.41) is 0.0856. The van der Waals surface area contributed by atoms with E-state index in [9.17, 15) is 9.59 Å². The number of likely N-dealkylation sites (N-methyl/N-ethyl adjacent to an activating group) is 1.